The van der Waals surface area contributed by atoms with Crippen LogP contribution in [0.5, 0.6) is 0 Å². The number of unbranched alkanes of at least 4 members (excludes halogenated alkanes) is 1. The zero-order valence-corrected chi connectivity index (χ0v) is 13.6. The van der Waals surface area contributed by atoms with E-state index in [-0.39, 0.29) is 17.9 Å². The lowest BCUT2D eigenvalue weighted by molar-refractivity contribution is -0.145. The van der Waals surface area contributed by atoms with Crippen molar-refractivity contribution in [3.8, 4) is 0 Å². The number of aliphatic hydroxyl groups excluding tert-OH is 1. The first kappa shape index (κ1) is 16.8. The van der Waals surface area contributed by atoms with E-state index in [1.165, 1.54) is 12.8 Å². The van der Waals surface area contributed by atoms with Crippen molar-refractivity contribution >= 4 is 17.7 Å². The van der Waals surface area contributed by atoms with Crippen LogP contribution >= 0.6 is 11.8 Å². The van der Waals surface area contributed by atoms with Crippen LogP contribution in [0.1, 0.15) is 46.5 Å². The number of likely N-dealkylation sites (tertiary alicyclic amines) is 1. The van der Waals surface area contributed by atoms with Crippen molar-refractivity contribution in [2.24, 2.45) is 11.3 Å². The van der Waals surface area contributed by atoms with Crippen LogP contribution in [0.3, 0.4) is 0 Å². The molecule has 0 bridgehead atoms. The third-order valence-electron chi connectivity index (χ3n) is 3.62. The van der Waals surface area contributed by atoms with Crippen LogP contribution in [-0.4, -0.2) is 47.1 Å². The van der Waals surface area contributed by atoms with Gasteiger partial charge in [0.05, 0.1) is 6.10 Å². The van der Waals surface area contributed by atoms with Crippen molar-refractivity contribution in [2.45, 2.75) is 52.6 Å². The molecule has 0 aliphatic carbocycles. The molecule has 19 heavy (non-hydrogen) atoms. The lowest BCUT2D eigenvalue weighted by Gasteiger charge is -2.38. The first-order chi connectivity index (χ1) is 8.83. The standard InChI is InChI=1S/C15H29NO2S/c1-15(2,3)8-6-5-7-12(11-19-4)14(18)16-9-13(17)10-16/h12-13,17H,5-11H2,1-4H3. The summed E-state index contributed by atoms with van der Waals surface area (Å²) in [6.45, 7) is 7.86. The summed E-state index contributed by atoms with van der Waals surface area (Å²) in [4.78, 5) is 14.1. The van der Waals surface area contributed by atoms with Crippen LogP contribution in [-0.2, 0) is 4.79 Å². The molecule has 1 atom stereocenters. The first-order valence-corrected chi connectivity index (χ1v) is 8.68. The topological polar surface area (TPSA) is 40.5 Å². The van der Waals surface area contributed by atoms with E-state index in [0.717, 1.165) is 18.6 Å². The molecule has 1 heterocycles. The van der Waals surface area contributed by atoms with Crippen molar-refractivity contribution in [2.75, 3.05) is 25.1 Å². The molecular weight excluding hydrogens is 258 g/mol. The van der Waals surface area contributed by atoms with Gasteiger partial charge in [-0.3, -0.25) is 4.79 Å². The van der Waals surface area contributed by atoms with Crippen molar-refractivity contribution in [1.29, 1.82) is 0 Å². The van der Waals surface area contributed by atoms with E-state index < -0.39 is 0 Å². The molecule has 0 radical (unpaired) electrons. The van der Waals surface area contributed by atoms with Gasteiger partial charge >= 0.3 is 0 Å². The first-order valence-electron chi connectivity index (χ1n) is 7.29. The minimum absolute atomic E-state index is 0.141. The van der Waals surface area contributed by atoms with Gasteiger partial charge in [0.1, 0.15) is 0 Å². The largest absolute Gasteiger partial charge is 0.389 e. The third kappa shape index (κ3) is 6.17. The average molecular weight is 287 g/mol. The third-order valence-corrected chi connectivity index (χ3v) is 4.36. The van der Waals surface area contributed by atoms with E-state index in [9.17, 15) is 9.90 Å². The van der Waals surface area contributed by atoms with Crippen LogP contribution in [0.4, 0.5) is 0 Å². The maximum atomic E-state index is 12.3. The summed E-state index contributed by atoms with van der Waals surface area (Å²) in [6, 6.07) is 0. The zero-order valence-electron chi connectivity index (χ0n) is 12.8. The second kappa shape index (κ2) is 7.53. The maximum absolute atomic E-state index is 12.3. The number of carbonyl (C=O) groups excluding carboxylic acids is 1. The van der Waals surface area contributed by atoms with Gasteiger partial charge < -0.3 is 10.0 Å². The molecule has 1 aliphatic rings. The van der Waals surface area contributed by atoms with Crippen molar-refractivity contribution in [3.63, 3.8) is 0 Å². The lowest BCUT2D eigenvalue weighted by Crippen LogP contribution is -2.55. The van der Waals surface area contributed by atoms with E-state index in [1.807, 2.05) is 0 Å². The van der Waals surface area contributed by atoms with Gasteiger partial charge in [-0.1, -0.05) is 33.6 Å². The van der Waals surface area contributed by atoms with Gasteiger partial charge in [0.25, 0.3) is 0 Å². The highest BCUT2D eigenvalue weighted by Crippen LogP contribution is 2.25. The van der Waals surface area contributed by atoms with Crippen LogP contribution in [0.25, 0.3) is 0 Å². The van der Waals surface area contributed by atoms with Crippen LogP contribution in [0, 0.1) is 11.3 Å². The SMILES string of the molecule is CSCC(CCCCC(C)(C)C)C(=O)N1CC(O)C1. The smallest absolute Gasteiger partial charge is 0.226 e. The Morgan fingerprint density at radius 3 is 2.47 bits per heavy atom. The van der Waals surface area contributed by atoms with E-state index in [2.05, 4.69) is 27.0 Å². The summed E-state index contributed by atoms with van der Waals surface area (Å²) < 4.78 is 0. The molecule has 0 aromatic heterocycles. The highest BCUT2D eigenvalue weighted by molar-refractivity contribution is 7.98. The Morgan fingerprint density at radius 1 is 1.37 bits per heavy atom. The Labute approximate surface area is 122 Å². The number of amides is 1. The normalized spacial score (nSPS) is 18.3. The summed E-state index contributed by atoms with van der Waals surface area (Å²) >= 11 is 1.74. The molecule has 0 saturated carbocycles. The lowest BCUT2D eigenvalue weighted by atomic mass is 9.88. The van der Waals surface area contributed by atoms with Gasteiger partial charge in [0, 0.05) is 24.8 Å². The molecule has 4 heteroatoms. The predicted octanol–water partition coefficient (Wildman–Crippen LogP) is 2.78. The number of aliphatic hydroxyl groups is 1. The second-order valence-corrected chi connectivity index (χ2v) is 7.77. The van der Waals surface area contributed by atoms with E-state index in [1.54, 1.807) is 16.7 Å². The van der Waals surface area contributed by atoms with Crippen molar-refractivity contribution in [3.05, 3.63) is 0 Å². The number of thioether (sulfide) groups is 1. The Bertz CT molecular complexity index is 282. The summed E-state index contributed by atoms with van der Waals surface area (Å²) in [5.74, 6) is 1.29. The highest BCUT2D eigenvalue weighted by atomic mass is 32.2. The van der Waals surface area contributed by atoms with E-state index in [0.29, 0.717) is 18.5 Å². The van der Waals surface area contributed by atoms with Gasteiger partial charge in [-0.2, -0.15) is 11.8 Å². The number of nitrogens with zero attached hydrogens (tertiary/aromatic N) is 1. The Balaban J connectivity index is 2.30. The number of hydrogen-bond acceptors (Lipinski definition) is 3. The second-order valence-electron chi connectivity index (χ2n) is 6.86. The molecule has 1 unspecified atom stereocenters. The average Bonchev–Trinajstić information content (AvgIpc) is 2.27. The maximum Gasteiger partial charge on any atom is 0.226 e. The van der Waals surface area contributed by atoms with E-state index >= 15 is 0 Å². The molecule has 3 nitrogen and oxygen atoms in total. The molecule has 1 saturated heterocycles. The van der Waals surface area contributed by atoms with E-state index in [4.69, 9.17) is 0 Å². The minimum Gasteiger partial charge on any atom is -0.389 e. The molecular formula is C15H29NO2S. The van der Waals surface area contributed by atoms with Gasteiger partial charge in [-0.15, -0.1) is 0 Å². The molecule has 1 N–H and O–H groups in total. The number of β-amino-alcohol motifs (C(OH)–C–C–N with tert-alkyl or cyclic N) is 1. The summed E-state index contributed by atoms with van der Waals surface area (Å²) in [5.41, 5.74) is 0.389. The molecule has 1 rings (SSSR count). The Morgan fingerprint density at radius 2 is 2.00 bits per heavy atom. The van der Waals surface area contributed by atoms with Crippen molar-refractivity contribution in [1.82, 2.24) is 4.90 Å². The Hall–Kier alpha value is -0.220. The molecule has 1 amide bonds. The molecule has 0 aromatic rings. The zero-order chi connectivity index (χ0) is 14.5. The number of carbonyl (C=O) groups is 1. The molecule has 1 fully saturated rings. The van der Waals surface area contributed by atoms with Crippen LogP contribution < -0.4 is 0 Å². The summed E-state index contributed by atoms with van der Waals surface area (Å²) in [7, 11) is 0. The van der Waals surface area contributed by atoms with Gasteiger partial charge in [-0.05, 0) is 24.5 Å². The fourth-order valence-corrected chi connectivity index (χ4v) is 3.13. The summed E-state index contributed by atoms with van der Waals surface area (Å²) in [5, 5.41) is 9.28. The molecule has 1 aliphatic heterocycles. The van der Waals surface area contributed by atoms with Crippen LogP contribution in [0.2, 0.25) is 0 Å². The fraction of sp³-hybridized carbons (Fsp3) is 0.933. The van der Waals surface area contributed by atoms with Gasteiger partial charge in [0.2, 0.25) is 5.91 Å². The van der Waals surface area contributed by atoms with Gasteiger partial charge in [-0.25, -0.2) is 0 Å². The monoisotopic (exact) mass is 287 g/mol. The van der Waals surface area contributed by atoms with Gasteiger partial charge in [0.15, 0.2) is 0 Å². The Kier molecular flexibility index (Phi) is 6.67. The quantitative estimate of drug-likeness (QED) is 0.732. The minimum atomic E-state index is -0.292. The highest BCUT2D eigenvalue weighted by Gasteiger charge is 2.32. The summed E-state index contributed by atoms with van der Waals surface area (Å²) in [6.07, 6.45) is 6.30. The van der Waals surface area contributed by atoms with Crippen molar-refractivity contribution < 1.29 is 9.90 Å². The predicted molar refractivity (Wildman–Crippen MR) is 82.4 cm³/mol. The molecule has 112 valence electrons. The molecule has 0 aromatic carbocycles. The number of rotatable bonds is 7. The number of hydrogen-bond donors (Lipinski definition) is 1. The fourth-order valence-electron chi connectivity index (χ4n) is 2.42. The molecule has 0 spiro atoms. The van der Waals surface area contributed by atoms with Crippen LogP contribution in [0.15, 0.2) is 0 Å².